The van der Waals surface area contributed by atoms with Crippen LogP contribution in [-0.4, -0.2) is 29.1 Å². The molecule has 116 valence electrons. The number of nitrogens with zero attached hydrogens (tertiary/aromatic N) is 1. The SMILES string of the molecule is CCN(C(=O)CSc1cc(F)ccc1N)C1CCCCC1. The molecule has 1 saturated carbocycles. The van der Waals surface area contributed by atoms with Crippen molar-refractivity contribution in [2.75, 3.05) is 18.0 Å². The van der Waals surface area contributed by atoms with Gasteiger partial charge in [0.05, 0.1) is 5.75 Å². The lowest BCUT2D eigenvalue weighted by Crippen LogP contribution is -2.42. The predicted molar refractivity (Wildman–Crippen MR) is 85.8 cm³/mol. The van der Waals surface area contributed by atoms with Crippen molar-refractivity contribution >= 4 is 23.4 Å². The zero-order chi connectivity index (χ0) is 15.2. The number of halogens is 1. The number of amides is 1. The van der Waals surface area contributed by atoms with Gasteiger partial charge in [-0.2, -0.15) is 0 Å². The highest BCUT2D eigenvalue weighted by molar-refractivity contribution is 8.00. The Morgan fingerprint density at radius 3 is 2.76 bits per heavy atom. The van der Waals surface area contributed by atoms with Crippen LogP contribution < -0.4 is 5.73 Å². The number of nitrogens with two attached hydrogens (primary N) is 1. The molecule has 21 heavy (non-hydrogen) atoms. The third kappa shape index (κ3) is 4.37. The number of anilines is 1. The van der Waals surface area contributed by atoms with Gasteiger partial charge in [0.2, 0.25) is 5.91 Å². The Labute approximate surface area is 130 Å². The molecule has 2 rings (SSSR count). The van der Waals surface area contributed by atoms with Crippen LogP contribution in [0.1, 0.15) is 39.0 Å². The molecule has 1 aliphatic rings. The molecule has 0 aliphatic heterocycles. The molecular weight excluding hydrogens is 287 g/mol. The first-order valence-electron chi connectivity index (χ1n) is 7.59. The molecule has 2 N–H and O–H groups in total. The summed E-state index contributed by atoms with van der Waals surface area (Å²) in [6, 6.07) is 4.65. The number of carbonyl (C=O) groups is 1. The zero-order valence-electron chi connectivity index (χ0n) is 12.5. The maximum Gasteiger partial charge on any atom is 0.233 e. The number of hydrogen-bond acceptors (Lipinski definition) is 3. The van der Waals surface area contributed by atoms with Gasteiger partial charge in [-0.1, -0.05) is 19.3 Å². The molecule has 1 fully saturated rings. The molecule has 0 bridgehead atoms. The van der Waals surface area contributed by atoms with Crippen LogP contribution in [0, 0.1) is 5.82 Å². The quantitative estimate of drug-likeness (QED) is 0.666. The minimum absolute atomic E-state index is 0.123. The molecule has 0 atom stereocenters. The van der Waals surface area contributed by atoms with Crippen molar-refractivity contribution in [2.45, 2.75) is 50.0 Å². The minimum Gasteiger partial charge on any atom is -0.398 e. The summed E-state index contributed by atoms with van der Waals surface area (Å²) >= 11 is 1.32. The molecular formula is C16H23FN2OS. The van der Waals surface area contributed by atoms with Crippen LogP contribution in [0.25, 0.3) is 0 Å². The molecule has 0 saturated heterocycles. The molecule has 0 spiro atoms. The molecule has 0 aromatic heterocycles. The van der Waals surface area contributed by atoms with E-state index in [0.29, 0.717) is 22.4 Å². The lowest BCUT2D eigenvalue weighted by Gasteiger charge is -2.33. The average molecular weight is 310 g/mol. The van der Waals surface area contributed by atoms with E-state index in [2.05, 4.69) is 0 Å². The lowest BCUT2D eigenvalue weighted by atomic mass is 9.94. The Bertz CT molecular complexity index is 489. The normalized spacial score (nSPS) is 15.9. The number of nitrogen functional groups attached to an aromatic ring is 1. The molecule has 1 aromatic rings. The fourth-order valence-corrected chi connectivity index (χ4v) is 3.76. The van der Waals surface area contributed by atoms with Gasteiger partial charge in [0, 0.05) is 23.2 Å². The highest BCUT2D eigenvalue weighted by Gasteiger charge is 2.24. The second-order valence-electron chi connectivity index (χ2n) is 5.44. The standard InChI is InChI=1S/C16H23FN2OS/c1-2-19(13-6-4-3-5-7-13)16(20)11-21-15-10-12(17)8-9-14(15)18/h8-10,13H,2-7,11,18H2,1H3. The molecule has 3 nitrogen and oxygen atoms in total. The predicted octanol–water partition coefficient (Wildman–Crippen LogP) is 3.68. The summed E-state index contributed by atoms with van der Waals surface area (Å²) in [5, 5.41) is 0. The number of benzene rings is 1. The molecule has 1 amide bonds. The van der Waals surface area contributed by atoms with E-state index in [1.807, 2.05) is 11.8 Å². The Morgan fingerprint density at radius 1 is 1.38 bits per heavy atom. The Balaban J connectivity index is 1.94. The first kappa shape index (κ1) is 16.1. The summed E-state index contributed by atoms with van der Waals surface area (Å²) in [5.74, 6) is 0.120. The van der Waals surface area contributed by atoms with Crippen molar-refractivity contribution in [1.82, 2.24) is 4.90 Å². The number of rotatable bonds is 5. The molecule has 0 unspecified atom stereocenters. The van der Waals surface area contributed by atoms with Crippen LogP contribution in [0.5, 0.6) is 0 Å². The van der Waals surface area contributed by atoms with Crippen LogP contribution in [0.4, 0.5) is 10.1 Å². The van der Waals surface area contributed by atoms with E-state index in [1.165, 1.54) is 43.2 Å². The first-order chi connectivity index (χ1) is 10.1. The Kier molecular flexibility index (Phi) is 5.91. The average Bonchev–Trinajstić information content (AvgIpc) is 2.50. The van der Waals surface area contributed by atoms with Gasteiger partial charge in [-0.15, -0.1) is 11.8 Å². The van der Waals surface area contributed by atoms with Crippen LogP contribution >= 0.6 is 11.8 Å². The van der Waals surface area contributed by atoms with Crippen LogP contribution in [-0.2, 0) is 4.79 Å². The van der Waals surface area contributed by atoms with E-state index in [4.69, 9.17) is 5.73 Å². The van der Waals surface area contributed by atoms with Crippen molar-refractivity contribution in [1.29, 1.82) is 0 Å². The third-order valence-corrected chi connectivity index (χ3v) is 5.06. The second kappa shape index (κ2) is 7.69. The Hall–Kier alpha value is -1.23. The third-order valence-electron chi connectivity index (χ3n) is 4.00. The zero-order valence-corrected chi connectivity index (χ0v) is 13.3. The lowest BCUT2D eigenvalue weighted by molar-refractivity contribution is -0.131. The largest absolute Gasteiger partial charge is 0.398 e. The van der Waals surface area contributed by atoms with E-state index in [-0.39, 0.29) is 11.7 Å². The van der Waals surface area contributed by atoms with Crippen LogP contribution in [0.15, 0.2) is 23.1 Å². The molecule has 5 heteroatoms. The van der Waals surface area contributed by atoms with E-state index in [0.717, 1.165) is 19.4 Å². The van der Waals surface area contributed by atoms with Crippen molar-refractivity contribution in [3.8, 4) is 0 Å². The van der Waals surface area contributed by atoms with Gasteiger partial charge in [0.25, 0.3) is 0 Å². The van der Waals surface area contributed by atoms with E-state index in [9.17, 15) is 9.18 Å². The first-order valence-corrected chi connectivity index (χ1v) is 8.57. The topological polar surface area (TPSA) is 46.3 Å². The number of thioether (sulfide) groups is 1. The summed E-state index contributed by atoms with van der Waals surface area (Å²) in [5.41, 5.74) is 6.34. The summed E-state index contributed by atoms with van der Waals surface area (Å²) in [4.78, 5) is 15.0. The van der Waals surface area contributed by atoms with Crippen molar-refractivity contribution < 1.29 is 9.18 Å². The van der Waals surface area contributed by atoms with Crippen molar-refractivity contribution in [3.63, 3.8) is 0 Å². The van der Waals surface area contributed by atoms with Gasteiger partial charge in [0.15, 0.2) is 0 Å². The maximum absolute atomic E-state index is 13.2. The number of hydrogen-bond donors (Lipinski definition) is 1. The summed E-state index contributed by atoms with van der Waals surface area (Å²) in [6.07, 6.45) is 5.90. The molecule has 1 aliphatic carbocycles. The van der Waals surface area contributed by atoms with Gasteiger partial charge >= 0.3 is 0 Å². The second-order valence-corrected chi connectivity index (χ2v) is 6.46. The van der Waals surface area contributed by atoms with Gasteiger partial charge in [-0.25, -0.2) is 4.39 Å². The van der Waals surface area contributed by atoms with Gasteiger partial charge in [-0.05, 0) is 38.0 Å². The highest BCUT2D eigenvalue weighted by Crippen LogP contribution is 2.27. The fraction of sp³-hybridized carbons (Fsp3) is 0.562. The monoisotopic (exact) mass is 310 g/mol. The van der Waals surface area contributed by atoms with E-state index in [1.54, 1.807) is 6.07 Å². The van der Waals surface area contributed by atoms with Crippen molar-refractivity contribution in [2.24, 2.45) is 0 Å². The van der Waals surface area contributed by atoms with Gasteiger partial charge in [0.1, 0.15) is 5.82 Å². The Morgan fingerprint density at radius 2 is 2.10 bits per heavy atom. The molecule has 1 aromatic carbocycles. The molecule has 0 heterocycles. The summed E-state index contributed by atoms with van der Waals surface area (Å²) in [7, 11) is 0. The maximum atomic E-state index is 13.2. The van der Waals surface area contributed by atoms with Gasteiger partial charge < -0.3 is 10.6 Å². The minimum atomic E-state index is -0.321. The summed E-state index contributed by atoms with van der Waals surface area (Å²) in [6.45, 7) is 2.76. The van der Waals surface area contributed by atoms with Crippen molar-refractivity contribution in [3.05, 3.63) is 24.0 Å². The van der Waals surface area contributed by atoms with E-state index < -0.39 is 0 Å². The molecule has 0 radical (unpaired) electrons. The van der Waals surface area contributed by atoms with Gasteiger partial charge in [-0.3, -0.25) is 4.79 Å². The van der Waals surface area contributed by atoms with Crippen LogP contribution in [0.3, 0.4) is 0 Å². The fourth-order valence-electron chi connectivity index (χ4n) is 2.89. The summed E-state index contributed by atoms with van der Waals surface area (Å²) < 4.78 is 13.2. The van der Waals surface area contributed by atoms with E-state index >= 15 is 0 Å². The smallest absolute Gasteiger partial charge is 0.233 e. The van der Waals surface area contributed by atoms with Crippen LogP contribution in [0.2, 0.25) is 0 Å². The highest BCUT2D eigenvalue weighted by atomic mass is 32.2. The number of carbonyl (C=O) groups excluding carboxylic acids is 1.